The van der Waals surface area contributed by atoms with Gasteiger partial charge in [0.25, 0.3) is 0 Å². The van der Waals surface area contributed by atoms with Crippen LogP contribution in [0.3, 0.4) is 0 Å². The van der Waals surface area contributed by atoms with Gasteiger partial charge >= 0.3 is 0 Å². The second kappa shape index (κ2) is 8.42. The Balaban J connectivity index is 1.52. The number of anilines is 1. The second-order valence-electron chi connectivity index (χ2n) is 7.90. The number of hydrogen-bond donors (Lipinski definition) is 2. The van der Waals surface area contributed by atoms with Crippen LogP contribution < -0.4 is 15.8 Å². The zero-order chi connectivity index (χ0) is 20.4. The van der Waals surface area contributed by atoms with Crippen molar-refractivity contribution >= 4 is 11.9 Å². The molecule has 29 heavy (non-hydrogen) atoms. The Labute approximate surface area is 170 Å². The van der Waals surface area contributed by atoms with E-state index in [-0.39, 0.29) is 36.1 Å². The van der Waals surface area contributed by atoms with E-state index < -0.39 is 0 Å². The summed E-state index contributed by atoms with van der Waals surface area (Å²) in [6.07, 6.45) is 3.74. The number of nitrogens with one attached hydrogen (secondary N) is 2. The Hall–Kier alpha value is -2.58. The molecule has 0 aliphatic carbocycles. The summed E-state index contributed by atoms with van der Waals surface area (Å²) in [5.74, 6) is 0.449. The maximum atomic E-state index is 14.0. The van der Waals surface area contributed by atoms with Crippen LogP contribution in [0.25, 0.3) is 0 Å². The number of halogens is 1. The van der Waals surface area contributed by atoms with E-state index in [1.165, 1.54) is 6.07 Å². The van der Waals surface area contributed by atoms with E-state index in [0.29, 0.717) is 18.1 Å². The van der Waals surface area contributed by atoms with Gasteiger partial charge in [-0.05, 0) is 30.5 Å². The van der Waals surface area contributed by atoms with Crippen molar-refractivity contribution in [3.8, 4) is 0 Å². The summed E-state index contributed by atoms with van der Waals surface area (Å²) in [6, 6.07) is 8.53. The molecule has 4 rings (SSSR count). The third kappa shape index (κ3) is 4.09. The van der Waals surface area contributed by atoms with Crippen LogP contribution in [0, 0.1) is 5.82 Å². The molecule has 3 atom stereocenters. The molecule has 3 heterocycles. The first-order chi connectivity index (χ1) is 14.0. The molecule has 154 valence electrons. The van der Waals surface area contributed by atoms with Gasteiger partial charge in [0.05, 0.1) is 18.2 Å². The van der Waals surface area contributed by atoms with Crippen LogP contribution in [0.15, 0.2) is 36.5 Å². The minimum absolute atomic E-state index is 0.0262. The Morgan fingerprint density at radius 1 is 1.31 bits per heavy atom. The number of benzene rings is 1. The van der Waals surface area contributed by atoms with Crippen molar-refractivity contribution in [2.45, 2.75) is 37.3 Å². The summed E-state index contributed by atoms with van der Waals surface area (Å²) in [7, 11) is 3.84. The summed E-state index contributed by atoms with van der Waals surface area (Å²) < 4.78 is 14.0. The van der Waals surface area contributed by atoms with E-state index in [1.54, 1.807) is 24.4 Å². The molecule has 2 N–H and O–H groups in total. The van der Waals surface area contributed by atoms with Gasteiger partial charge in [-0.15, -0.1) is 0 Å². The molecule has 2 aliphatic heterocycles. The molecule has 0 radical (unpaired) electrons. The molecular weight excluding hydrogens is 371 g/mol. The van der Waals surface area contributed by atoms with Crippen LogP contribution in [0.2, 0.25) is 0 Å². The lowest BCUT2D eigenvalue weighted by molar-refractivity contribution is -0.131. The molecule has 2 fully saturated rings. The number of nitrogens with zero attached hydrogens (tertiary/aromatic N) is 4. The van der Waals surface area contributed by atoms with Crippen molar-refractivity contribution in [2.24, 2.45) is 0 Å². The molecule has 1 amide bonds. The van der Waals surface area contributed by atoms with Crippen molar-refractivity contribution in [2.75, 3.05) is 32.1 Å². The SMILES string of the molecule is CN(C)c1nccc(C2CNNC2C2CCCN2C(=O)Cc2ccccc2F)n1. The number of hydrogen-bond acceptors (Lipinski definition) is 6. The van der Waals surface area contributed by atoms with Crippen LogP contribution in [-0.2, 0) is 11.2 Å². The smallest absolute Gasteiger partial charge is 0.227 e. The zero-order valence-corrected chi connectivity index (χ0v) is 16.8. The van der Waals surface area contributed by atoms with E-state index in [1.807, 2.05) is 30.0 Å². The first-order valence-electron chi connectivity index (χ1n) is 10.1. The van der Waals surface area contributed by atoms with Gasteiger partial charge in [0.1, 0.15) is 5.82 Å². The van der Waals surface area contributed by atoms with Crippen LogP contribution in [-0.4, -0.2) is 60.0 Å². The average molecular weight is 398 g/mol. The van der Waals surface area contributed by atoms with Crippen molar-refractivity contribution < 1.29 is 9.18 Å². The molecule has 0 bridgehead atoms. The molecule has 8 heteroatoms. The monoisotopic (exact) mass is 398 g/mol. The predicted molar refractivity (Wildman–Crippen MR) is 109 cm³/mol. The van der Waals surface area contributed by atoms with Crippen LogP contribution in [0.4, 0.5) is 10.3 Å². The molecule has 2 aliphatic rings. The van der Waals surface area contributed by atoms with E-state index in [0.717, 1.165) is 25.1 Å². The lowest BCUT2D eigenvalue weighted by atomic mass is 9.90. The van der Waals surface area contributed by atoms with Crippen molar-refractivity contribution in [3.63, 3.8) is 0 Å². The van der Waals surface area contributed by atoms with Gasteiger partial charge in [0.15, 0.2) is 0 Å². The normalized spacial score (nSPS) is 24.1. The fraction of sp³-hybridized carbons (Fsp3) is 0.476. The molecule has 0 spiro atoms. The number of carbonyl (C=O) groups is 1. The summed E-state index contributed by atoms with van der Waals surface area (Å²) in [6.45, 7) is 1.44. The third-order valence-electron chi connectivity index (χ3n) is 5.80. The lowest BCUT2D eigenvalue weighted by Crippen LogP contribution is -2.50. The molecule has 7 nitrogen and oxygen atoms in total. The Kier molecular flexibility index (Phi) is 5.73. The summed E-state index contributed by atoms with van der Waals surface area (Å²) in [5.41, 5.74) is 8.01. The molecule has 0 saturated carbocycles. The Bertz CT molecular complexity index is 876. The second-order valence-corrected chi connectivity index (χ2v) is 7.90. The third-order valence-corrected chi connectivity index (χ3v) is 5.80. The fourth-order valence-corrected chi connectivity index (χ4v) is 4.33. The van der Waals surface area contributed by atoms with E-state index in [4.69, 9.17) is 4.98 Å². The molecule has 2 saturated heterocycles. The molecular formula is C21H27FN6O. The quantitative estimate of drug-likeness (QED) is 0.795. The highest BCUT2D eigenvalue weighted by Crippen LogP contribution is 2.31. The van der Waals surface area contributed by atoms with Gasteiger partial charge < -0.3 is 9.80 Å². The maximum Gasteiger partial charge on any atom is 0.227 e. The summed E-state index contributed by atoms with van der Waals surface area (Å²) in [4.78, 5) is 25.8. The first kappa shape index (κ1) is 19.7. The Morgan fingerprint density at radius 2 is 2.14 bits per heavy atom. The molecule has 2 aromatic rings. The Morgan fingerprint density at radius 3 is 2.93 bits per heavy atom. The molecule has 1 aromatic carbocycles. The summed E-state index contributed by atoms with van der Waals surface area (Å²) in [5, 5.41) is 0. The number of rotatable bonds is 5. The van der Waals surface area contributed by atoms with Crippen molar-refractivity contribution in [1.82, 2.24) is 25.7 Å². The van der Waals surface area contributed by atoms with Gasteiger partial charge in [-0.1, -0.05) is 18.2 Å². The highest BCUT2D eigenvalue weighted by Gasteiger charge is 2.42. The first-order valence-corrected chi connectivity index (χ1v) is 10.1. The van der Waals surface area contributed by atoms with Crippen molar-refractivity contribution in [3.05, 3.63) is 53.6 Å². The van der Waals surface area contributed by atoms with Gasteiger partial charge in [0, 0.05) is 45.3 Å². The van der Waals surface area contributed by atoms with Crippen molar-refractivity contribution in [1.29, 1.82) is 0 Å². The van der Waals surface area contributed by atoms with Crippen LogP contribution >= 0.6 is 0 Å². The van der Waals surface area contributed by atoms with E-state index in [2.05, 4.69) is 15.8 Å². The standard InChI is InChI=1S/C21H27FN6O/c1-27(2)21-23-10-9-17(25-21)15-13-24-26-20(15)18-8-5-11-28(18)19(29)12-14-6-3-4-7-16(14)22/h3-4,6-7,9-10,15,18,20,24,26H,5,8,11-13H2,1-2H3. The van der Waals surface area contributed by atoms with E-state index in [9.17, 15) is 9.18 Å². The number of carbonyl (C=O) groups excluding carboxylic acids is 1. The number of amides is 1. The van der Waals surface area contributed by atoms with Crippen LogP contribution in [0.5, 0.6) is 0 Å². The van der Waals surface area contributed by atoms with Crippen LogP contribution in [0.1, 0.15) is 30.0 Å². The average Bonchev–Trinajstić information content (AvgIpc) is 3.39. The summed E-state index contributed by atoms with van der Waals surface area (Å²) >= 11 is 0. The topological polar surface area (TPSA) is 73.4 Å². The maximum absolute atomic E-state index is 14.0. The zero-order valence-electron chi connectivity index (χ0n) is 16.8. The largest absolute Gasteiger partial charge is 0.347 e. The highest BCUT2D eigenvalue weighted by atomic mass is 19.1. The highest BCUT2D eigenvalue weighted by molar-refractivity contribution is 5.79. The number of aromatic nitrogens is 2. The number of hydrazine groups is 1. The predicted octanol–water partition coefficient (Wildman–Crippen LogP) is 1.48. The molecule has 3 unspecified atom stereocenters. The minimum atomic E-state index is -0.327. The molecule has 1 aromatic heterocycles. The van der Waals surface area contributed by atoms with Gasteiger partial charge in [-0.25, -0.2) is 14.4 Å². The van der Waals surface area contributed by atoms with Gasteiger partial charge in [-0.2, -0.15) is 0 Å². The van der Waals surface area contributed by atoms with E-state index >= 15 is 0 Å². The van der Waals surface area contributed by atoms with Gasteiger partial charge in [0.2, 0.25) is 11.9 Å². The minimum Gasteiger partial charge on any atom is -0.347 e. The number of likely N-dealkylation sites (tertiary alicyclic amines) is 1. The fourth-order valence-electron chi connectivity index (χ4n) is 4.33. The van der Waals surface area contributed by atoms with Gasteiger partial charge in [-0.3, -0.25) is 15.6 Å². The lowest BCUT2D eigenvalue weighted by Gasteiger charge is -2.32.